The quantitative estimate of drug-likeness (QED) is 0.356. The van der Waals surface area contributed by atoms with Crippen LogP contribution in [0, 0.1) is 6.92 Å². The Bertz CT molecular complexity index is 1380. The van der Waals surface area contributed by atoms with Crippen LogP contribution in [0.5, 0.6) is 5.75 Å². The summed E-state index contributed by atoms with van der Waals surface area (Å²) in [7, 11) is 0. The molecule has 0 fully saturated rings. The van der Waals surface area contributed by atoms with Gasteiger partial charge in [-0.25, -0.2) is 4.98 Å². The summed E-state index contributed by atoms with van der Waals surface area (Å²) in [6.07, 6.45) is 1.73. The first-order valence-electron chi connectivity index (χ1n) is 10.7. The number of nitrogens with one attached hydrogen (secondary N) is 2. The van der Waals surface area contributed by atoms with Crippen LogP contribution < -0.4 is 10.1 Å². The van der Waals surface area contributed by atoms with Crippen LogP contribution in [0.25, 0.3) is 22.4 Å². The lowest BCUT2D eigenvalue weighted by molar-refractivity contribution is 0.102. The van der Waals surface area contributed by atoms with Gasteiger partial charge in [0.25, 0.3) is 5.91 Å². The molecule has 0 unspecified atom stereocenters. The third kappa shape index (κ3) is 4.60. The number of imidazole rings is 1. The molecule has 162 valence electrons. The Morgan fingerprint density at radius 2 is 1.79 bits per heavy atom. The lowest BCUT2D eigenvalue weighted by atomic mass is 10.1. The van der Waals surface area contributed by atoms with Gasteiger partial charge in [-0.15, -0.1) is 0 Å². The number of para-hydroxylation sites is 2. The number of nitrogens with zero attached hydrogens (tertiary/aromatic N) is 2. The lowest BCUT2D eigenvalue weighted by Crippen LogP contribution is -2.12. The molecule has 0 radical (unpaired) electrons. The Kier molecular flexibility index (Phi) is 5.55. The first kappa shape index (κ1) is 20.5. The van der Waals surface area contributed by atoms with Crippen LogP contribution in [-0.4, -0.2) is 20.9 Å². The van der Waals surface area contributed by atoms with Crippen LogP contribution in [0.4, 0.5) is 5.69 Å². The van der Waals surface area contributed by atoms with Crippen LogP contribution in [0.1, 0.15) is 21.6 Å². The van der Waals surface area contributed by atoms with Crippen LogP contribution in [0.15, 0.2) is 91.1 Å². The summed E-state index contributed by atoms with van der Waals surface area (Å²) < 4.78 is 5.74. The molecule has 0 aliphatic carbocycles. The van der Waals surface area contributed by atoms with Crippen LogP contribution in [0.2, 0.25) is 0 Å². The second-order valence-corrected chi connectivity index (χ2v) is 7.72. The number of anilines is 1. The largest absolute Gasteiger partial charge is 0.487 e. The number of aromatic amines is 1. The first-order valence-corrected chi connectivity index (χ1v) is 10.7. The fraction of sp³-hybridized carbons (Fsp3) is 0.0741. The van der Waals surface area contributed by atoms with Crippen molar-refractivity contribution in [3.63, 3.8) is 0 Å². The summed E-state index contributed by atoms with van der Waals surface area (Å²) in [6, 6.07) is 26.6. The highest BCUT2D eigenvalue weighted by molar-refractivity contribution is 6.04. The average Bonchev–Trinajstić information content (AvgIpc) is 3.29. The number of aryl methyl sites for hydroxylation is 1. The standard InChI is InChI=1S/C27H22N4O2/c1-18-16-20(26-29-24-7-2-3-8-25(24)30-26)11-14-23(18)31-27(32)19-9-12-22(13-10-19)33-17-21-6-4-5-15-28-21/h2-16H,17H2,1H3,(H,29,30)(H,31,32). The van der Waals surface area contributed by atoms with E-state index in [4.69, 9.17) is 4.74 Å². The van der Waals surface area contributed by atoms with Crippen LogP contribution in [-0.2, 0) is 6.61 Å². The zero-order chi connectivity index (χ0) is 22.6. The van der Waals surface area contributed by atoms with Crippen molar-refractivity contribution in [2.75, 3.05) is 5.32 Å². The lowest BCUT2D eigenvalue weighted by Gasteiger charge is -2.10. The number of hydrogen-bond acceptors (Lipinski definition) is 4. The van der Waals surface area contributed by atoms with Crippen molar-refractivity contribution in [3.05, 3.63) is 108 Å². The van der Waals surface area contributed by atoms with E-state index < -0.39 is 0 Å². The topological polar surface area (TPSA) is 79.9 Å². The SMILES string of the molecule is Cc1cc(-c2nc3ccccc3[nH]2)ccc1NC(=O)c1ccc(OCc2ccccn2)cc1. The van der Waals surface area contributed by atoms with Gasteiger partial charge in [0.05, 0.1) is 16.7 Å². The molecule has 5 rings (SSSR count). The maximum atomic E-state index is 12.7. The molecule has 2 aromatic heterocycles. The summed E-state index contributed by atoms with van der Waals surface area (Å²) in [5.74, 6) is 1.31. The first-order chi connectivity index (χ1) is 16.2. The van der Waals surface area contributed by atoms with Crippen LogP contribution >= 0.6 is 0 Å². The third-order valence-corrected chi connectivity index (χ3v) is 5.37. The summed E-state index contributed by atoms with van der Waals surface area (Å²) >= 11 is 0. The molecule has 5 aromatic rings. The molecule has 0 spiro atoms. The highest BCUT2D eigenvalue weighted by Crippen LogP contribution is 2.25. The van der Waals surface area contributed by atoms with Gasteiger partial charge in [0.1, 0.15) is 18.2 Å². The molecule has 0 saturated carbocycles. The Balaban J connectivity index is 1.25. The smallest absolute Gasteiger partial charge is 0.255 e. The van der Waals surface area contributed by atoms with E-state index in [1.54, 1.807) is 30.5 Å². The van der Waals surface area contributed by atoms with Gasteiger partial charge in [0, 0.05) is 23.0 Å². The zero-order valence-corrected chi connectivity index (χ0v) is 18.1. The zero-order valence-electron chi connectivity index (χ0n) is 18.1. The molecule has 6 nitrogen and oxygen atoms in total. The number of hydrogen-bond donors (Lipinski definition) is 2. The molecule has 0 aliphatic heterocycles. The molecule has 0 bridgehead atoms. The number of H-pyrrole nitrogens is 1. The molecule has 2 heterocycles. The molecule has 6 heteroatoms. The van der Waals surface area contributed by atoms with E-state index in [0.29, 0.717) is 17.9 Å². The Morgan fingerprint density at radius 1 is 0.970 bits per heavy atom. The number of carbonyl (C=O) groups excluding carboxylic acids is 1. The normalized spacial score (nSPS) is 10.8. The van der Waals surface area contributed by atoms with Crippen molar-refractivity contribution >= 4 is 22.6 Å². The monoisotopic (exact) mass is 434 g/mol. The molecule has 0 atom stereocenters. The number of aromatic nitrogens is 3. The number of ether oxygens (including phenoxy) is 1. The minimum atomic E-state index is -0.175. The highest BCUT2D eigenvalue weighted by Gasteiger charge is 2.11. The van der Waals surface area contributed by atoms with Gasteiger partial charge in [-0.05, 0) is 79.2 Å². The van der Waals surface area contributed by atoms with E-state index in [-0.39, 0.29) is 5.91 Å². The molecular formula is C27H22N4O2. The molecular weight excluding hydrogens is 412 g/mol. The maximum absolute atomic E-state index is 12.7. The highest BCUT2D eigenvalue weighted by atomic mass is 16.5. The van der Waals surface area contributed by atoms with Gasteiger partial charge in [-0.1, -0.05) is 18.2 Å². The van der Waals surface area contributed by atoms with E-state index in [1.165, 1.54) is 0 Å². The maximum Gasteiger partial charge on any atom is 0.255 e. The van der Waals surface area contributed by atoms with Crippen molar-refractivity contribution in [1.29, 1.82) is 0 Å². The van der Waals surface area contributed by atoms with Gasteiger partial charge >= 0.3 is 0 Å². The van der Waals surface area contributed by atoms with Gasteiger partial charge in [0.2, 0.25) is 0 Å². The molecule has 33 heavy (non-hydrogen) atoms. The van der Waals surface area contributed by atoms with Gasteiger partial charge < -0.3 is 15.0 Å². The number of pyridine rings is 1. The second kappa shape index (κ2) is 8.96. The minimum Gasteiger partial charge on any atom is -0.487 e. The molecule has 2 N–H and O–H groups in total. The van der Waals surface area contributed by atoms with Crippen LogP contribution in [0.3, 0.4) is 0 Å². The predicted molar refractivity (Wildman–Crippen MR) is 129 cm³/mol. The second-order valence-electron chi connectivity index (χ2n) is 7.72. The van der Waals surface area contributed by atoms with Crippen molar-refractivity contribution in [3.8, 4) is 17.1 Å². The van der Waals surface area contributed by atoms with Gasteiger partial charge in [0.15, 0.2) is 0 Å². The molecule has 3 aromatic carbocycles. The summed E-state index contributed by atoms with van der Waals surface area (Å²) in [5, 5.41) is 2.99. The van der Waals surface area contributed by atoms with Gasteiger partial charge in [-0.2, -0.15) is 0 Å². The number of fused-ring (bicyclic) bond motifs is 1. The number of amides is 1. The Labute approximate surface area is 191 Å². The van der Waals surface area contributed by atoms with E-state index in [9.17, 15) is 4.79 Å². The van der Waals surface area contributed by atoms with Crippen molar-refractivity contribution < 1.29 is 9.53 Å². The Hall–Kier alpha value is -4.45. The van der Waals surface area contributed by atoms with E-state index >= 15 is 0 Å². The predicted octanol–water partition coefficient (Wildman–Crippen LogP) is 5.76. The molecule has 0 aliphatic rings. The fourth-order valence-corrected chi connectivity index (χ4v) is 3.58. The summed E-state index contributed by atoms with van der Waals surface area (Å²) in [6.45, 7) is 2.35. The molecule has 0 saturated heterocycles. The van der Waals surface area contributed by atoms with Crippen molar-refractivity contribution in [2.24, 2.45) is 0 Å². The molecule has 1 amide bonds. The van der Waals surface area contributed by atoms with Gasteiger partial charge in [-0.3, -0.25) is 9.78 Å². The van der Waals surface area contributed by atoms with Crippen molar-refractivity contribution in [1.82, 2.24) is 15.0 Å². The van der Waals surface area contributed by atoms with E-state index in [0.717, 1.165) is 39.4 Å². The number of rotatable bonds is 6. The number of benzene rings is 3. The summed E-state index contributed by atoms with van der Waals surface area (Å²) in [5.41, 5.74) is 6.01. The third-order valence-electron chi connectivity index (χ3n) is 5.37. The average molecular weight is 434 g/mol. The van der Waals surface area contributed by atoms with Crippen molar-refractivity contribution in [2.45, 2.75) is 13.5 Å². The Morgan fingerprint density at radius 3 is 2.55 bits per heavy atom. The number of carbonyl (C=O) groups is 1. The summed E-state index contributed by atoms with van der Waals surface area (Å²) in [4.78, 5) is 25.0. The minimum absolute atomic E-state index is 0.175. The van der Waals surface area contributed by atoms with E-state index in [2.05, 4.69) is 20.3 Å². The fourth-order valence-electron chi connectivity index (χ4n) is 3.58. The van der Waals surface area contributed by atoms with E-state index in [1.807, 2.05) is 67.6 Å².